The molecule has 0 bridgehead atoms. The average Bonchev–Trinajstić information content (AvgIpc) is 2.45. The van der Waals surface area contributed by atoms with Crippen molar-refractivity contribution in [1.29, 1.82) is 0 Å². The third-order valence-electron chi connectivity index (χ3n) is 3.23. The lowest BCUT2D eigenvalue weighted by atomic mass is 10.0. The quantitative estimate of drug-likeness (QED) is 0.878. The van der Waals surface area contributed by atoms with Crippen molar-refractivity contribution in [2.75, 3.05) is 13.7 Å². The lowest BCUT2D eigenvalue weighted by Gasteiger charge is -2.11. The lowest BCUT2D eigenvalue weighted by molar-refractivity contribution is 0.408. The first-order valence-electron chi connectivity index (χ1n) is 6.69. The molecule has 2 rings (SSSR count). The second-order valence-electron chi connectivity index (χ2n) is 4.67. The molecule has 0 aliphatic carbocycles. The van der Waals surface area contributed by atoms with Gasteiger partial charge < -0.3 is 10.1 Å². The SMILES string of the molecule is CCNCc1cc(-c2ccc(C)cc2)ccc1OC. The molecule has 0 heterocycles. The monoisotopic (exact) mass is 255 g/mol. The maximum Gasteiger partial charge on any atom is 0.123 e. The maximum atomic E-state index is 5.41. The smallest absolute Gasteiger partial charge is 0.123 e. The second-order valence-corrected chi connectivity index (χ2v) is 4.67. The molecule has 2 aromatic rings. The number of hydrogen-bond acceptors (Lipinski definition) is 2. The highest BCUT2D eigenvalue weighted by Gasteiger charge is 2.05. The predicted molar refractivity (Wildman–Crippen MR) is 80.5 cm³/mol. The highest BCUT2D eigenvalue weighted by molar-refractivity contribution is 5.66. The molecule has 1 N–H and O–H groups in total. The number of rotatable bonds is 5. The minimum absolute atomic E-state index is 0.833. The van der Waals surface area contributed by atoms with Gasteiger partial charge in [0, 0.05) is 12.1 Å². The molecule has 0 atom stereocenters. The molecule has 0 saturated carbocycles. The van der Waals surface area contributed by atoms with E-state index in [1.807, 2.05) is 6.07 Å². The van der Waals surface area contributed by atoms with Crippen LogP contribution in [0.4, 0.5) is 0 Å². The summed E-state index contributed by atoms with van der Waals surface area (Å²) in [4.78, 5) is 0. The molecule has 0 aromatic heterocycles. The van der Waals surface area contributed by atoms with Crippen molar-refractivity contribution in [3.63, 3.8) is 0 Å². The molecule has 100 valence electrons. The Balaban J connectivity index is 2.33. The number of nitrogens with one attached hydrogen (secondary N) is 1. The number of methoxy groups -OCH3 is 1. The zero-order valence-electron chi connectivity index (χ0n) is 11.9. The molecule has 0 aliphatic rings. The minimum Gasteiger partial charge on any atom is -0.496 e. The van der Waals surface area contributed by atoms with Crippen molar-refractivity contribution < 1.29 is 4.74 Å². The van der Waals surface area contributed by atoms with Gasteiger partial charge in [0.05, 0.1) is 7.11 Å². The van der Waals surface area contributed by atoms with E-state index in [-0.39, 0.29) is 0 Å². The summed E-state index contributed by atoms with van der Waals surface area (Å²) < 4.78 is 5.41. The first kappa shape index (κ1) is 13.6. The van der Waals surface area contributed by atoms with Crippen LogP contribution in [-0.4, -0.2) is 13.7 Å². The van der Waals surface area contributed by atoms with E-state index >= 15 is 0 Å². The molecule has 2 aromatic carbocycles. The third kappa shape index (κ3) is 3.36. The number of ether oxygens (including phenoxy) is 1. The molecule has 0 radical (unpaired) electrons. The van der Waals surface area contributed by atoms with Gasteiger partial charge in [0.1, 0.15) is 5.75 Å². The summed E-state index contributed by atoms with van der Waals surface area (Å²) in [7, 11) is 1.72. The number of aryl methyl sites for hydroxylation is 1. The van der Waals surface area contributed by atoms with Crippen LogP contribution < -0.4 is 10.1 Å². The Hall–Kier alpha value is -1.80. The molecule has 0 unspecified atom stereocenters. The van der Waals surface area contributed by atoms with Crippen molar-refractivity contribution in [1.82, 2.24) is 5.32 Å². The summed E-state index contributed by atoms with van der Waals surface area (Å²) in [5.41, 5.74) is 4.95. The van der Waals surface area contributed by atoms with Crippen molar-refractivity contribution in [3.8, 4) is 16.9 Å². The molecule has 2 heteroatoms. The highest BCUT2D eigenvalue weighted by atomic mass is 16.5. The zero-order chi connectivity index (χ0) is 13.7. The fraction of sp³-hybridized carbons (Fsp3) is 0.294. The maximum absolute atomic E-state index is 5.41. The summed E-state index contributed by atoms with van der Waals surface area (Å²) in [5.74, 6) is 0.941. The molecule has 19 heavy (non-hydrogen) atoms. The predicted octanol–water partition coefficient (Wildman–Crippen LogP) is 3.78. The Labute approximate surface area is 115 Å². The van der Waals surface area contributed by atoms with Crippen molar-refractivity contribution in [2.24, 2.45) is 0 Å². The number of hydrogen-bond donors (Lipinski definition) is 1. The molecule has 0 saturated heterocycles. The molecular formula is C17H21NO. The Bertz CT molecular complexity index is 531. The molecule has 2 nitrogen and oxygen atoms in total. The van der Waals surface area contributed by atoms with E-state index in [2.05, 4.69) is 55.6 Å². The lowest BCUT2D eigenvalue weighted by Crippen LogP contribution is -2.12. The van der Waals surface area contributed by atoms with Gasteiger partial charge >= 0.3 is 0 Å². The van der Waals surface area contributed by atoms with E-state index in [9.17, 15) is 0 Å². The number of benzene rings is 2. The zero-order valence-corrected chi connectivity index (χ0v) is 11.9. The van der Waals surface area contributed by atoms with Gasteiger partial charge in [-0.05, 0) is 36.7 Å². The summed E-state index contributed by atoms with van der Waals surface area (Å²) in [6.45, 7) is 6.00. The van der Waals surface area contributed by atoms with Crippen LogP contribution in [0.2, 0.25) is 0 Å². The summed E-state index contributed by atoms with van der Waals surface area (Å²) in [6, 6.07) is 15.0. The van der Waals surface area contributed by atoms with Crippen LogP contribution in [0.5, 0.6) is 5.75 Å². The Morgan fingerprint density at radius 3 is 2.32 bits per heavy atom. The fourth-order valence-electron chi connectivity index (χ4n) is 2.10. The normalized spacial score (nSPS) is 10.5. The fourth-order valence-corrected chi connectivity index (χ4v) is 2.10. The van der Waals surface area contributed by atoms with Crippen LogP contribution in [0.15, 0.2) is 42.5 Å². The topological polar surface area (TPSA) is 21.3 Å². The Morgan fingerprint density at radius 1 is 1.00 bits per heavy atom. The molecule has 0 spiro atoms. The van der Waals surface area contributed by atoms with Gasteiger partial charge in [0.25, 0.3) is 0 Å². The molecule has 0 aliphatic heterocycles. The standard InChI is InChI=1S/C17H21NO/c1-4-18-12-16-11-15(9-10-17(16)19-3)14-7-5-13(2)6-8-14/h5-11,18H,4,12H2,1-3H3. The van der Waals surface area contributed by atoms with Gasteiger partial charge in [0.2, 0.25) is 0 Å². The van der Waals surface area contributed by atoms with Crippen LogP contribution in [0.3, 0.4) is 0 Å². The van der Waals surface area contributed by atoms with Gasteiger partial charge in [-0.15, -0.1) is 0 Å². The third-order valence-corrected chi connectivity index (χ3v) is 3.23. The van der Waals surface area contributed by atoms with Crippen LogP contribution >= 0.6 is 0 Å². The second kappa shape index (κ2) is 6.39. The summed E-state index contributed by atoms with van der Waals surface area (Å²) in [5, 5.41) is 3.35. The summed E-state index contributed by atoms with van der Waals surface area (Å²) in [6.07, 6.45) is 0. The summed E-state index contributed by atoms with van der Waals surface area (Å²) >= 11 is 0. The minimum atomic E-state index is 0.833. The highest BCUT2D eigenvalue weighted by Crippen LogP contribution is 2.26. The van der Waals surface area contributed by atoms with Crippen molar-refractivity contribution in [2.45, 2.75) is 20.4 Å². The van der Waals surface area contributed by atoms with Crippen LogP contribution in [-0.2, 0) is 6.54 Å². The largest absolute Gasteiger partial charge is 0.496 e. The van der Waals surface area contributed by atoms with E-state index in [0.29, 0.717) is 0 Å². The average molecular weight is 255 g/mol. The van der Waals surface area contributed by atoms with Gasteiger partial charge in [-0.3, -0.25) is 0 Å². The Kier molecular flexibility index (Phi) is 4.58. The first-order chi connectivity index (χ1) is 9.24. The van der Waals surface area contributed by atoms with Crippen LogP contribution in [0, 0.1) is 6.92 Å². The van der Waals surface area contributed by atoms with Crippen LogP contribution in [0.25, 0.3) is 11.1 Å². The molecular weight excluding hydrogens is 234 g/mol. The molecule has 0 amide bonds. The van der Waals surface area contributed by atoms with Crippen molar-refractivity contribution in [3.05, 3.63) is 53.6 Å². The van der Waals surface area contributed by atoms with Crippen LogP contribution in [0.1, 0.15) is 18.1 Å². The van der Waals surface area contributed by atoms with E-state index in [1.165, 1.54) is 22.3 Å². The van der Waals surface area contributed by atoms with E-state index in [0.717, 1.165) is 18.8 Å². The first-order valence-corrected chi connectivity index (χ1v) is 6.69. The van der Waals surface area contributed by atoms with Gasteiger partial charge in [-0.2, -0.15) is 0 Å². The molecule has 0 fully saturated rings. The van der Waals surface area contributed by atoms with Gasteiger partial charge in [0.15, 0.2) is 0 Å². The van der Waals surface area contributed by atoms with E-state index < -0.39 is 0 Å². The Morgan fingerprint density at radius 2 is 1.68 bits per heavy atom. The van der Waals surface area contributed by atoms with Gasteiger partial charge in [-0.25, -0.2) is 0 Å². The van der Waals surface area contributed by atoms with E-state index in [4.69, 9.17) is 4.74 Å². The van der Waals surface area contributed by atoms with Crippen molar-refractivity contribution >= 4 is 0 Å². The van der Waals surface area contributed by atoms with E-state index in [1.54, 1.807) is 7.11 Å². The van der Waals surface area contributed by atoms with Gasteiger partial charge in [-0.1, -0.05) is 42.8 Å².